The van der Waals surface area contributed by atoms with Crippen LogP contribution in [0.15, 0.2) is 12.7 Å². The van der Waals surface area contributed by atoms with Gasteiger partial charge in [-0.1, -0.05) is 0 Å². The largest absolute Gasteiger partial charge is 0.381 e. The van der Waals surface area contributed by atoms with Gasteiger partial charge in [-0.05, 0) is 0 Å². The fourth-order valence-corrected chi connectivity index (χ4v) is 0.731. The standard InChI is InChI=1S/C4H5N5/c5-3-4-6-1-8-9(4)2-7-3/h1-2H,5H2,(H,6,8). The van der Waals surface area contributed by atoms with Gasteiger partial charge < -0.3 is 5.73 Å². The van der Waals surface area contributed by atoms with E-state index in [9.17, 15) is 0 Å². The van der Waals surface area contributed by atoms with Crippen LogP contribution in [0.4, 0.5) is 5.82 Å². The highest BCUT2D eigenvalue weighted by atomic mass is 15.3. The normalized spacial score (nSPS) is 10.7. The molecule has 2 aromatic rings. The number of rotatable bonds is 0. The average molecular weight is 123 g/mol. The predicted molar refractivity (Wildman–Crippen MR) is 31.8 cm³/mol. The van der Waals surface area contributed by atoms with Crippen LogP contribution in [0.3, 0.4) is 0 Å². The van der Waals surface area contributed by atoms with Crippen LogP contribution in [0.5, 0.6) is 0 Å². The van der Waals surface area contributed by atoms with Crippen LogP contribution < -0.4 is 5.73 Å². The molecule has 9 heavy (non-hydrogen) atoms. The number of aromatic nitrogens is 4. The number of H-pyrrole nitrogens is 1. The molecule has 0 saturated carbocycles. The number of imidazole rings is 1. The SMILES string of the molecule is Nc1ncn2[nH]cnc12. The summed E-state index contributed by atoms with van der Waals surface area (Å²) in [4.78, 5) is 7.70. The molecule has 5 heteroatoms. The maximum absolute atomic E-state index is 5.41. The van der Waals surface area contributed by atoms with Crippen LogP contribution in [-0.2, 0) is 0 Å². The number of hydrogen-bond donors (Lipinski definition) is 2. The van der Waals surface area contributed by atoms with Crippen molar-refractivity contribution < 1.29 is 0 Å². The number of nitrogens with two attached hydrogens (primary N) is 1. The summed E-state index contributed by atoms with van der Waals surface area (Å²) in [5.74, 6) is 0.455. The van der Waals surface area contributed by atoms with Crippen LogP contribution in [-0.4, -0.2) is 19.6 Å². The monoisotopic (exact) mass is 123 g/mol. The Morgan fingerprint density at radius 1 is 1.56 bits per heavy atom. The zero-order valence-electron chi connectivity index (χ0n) is 4.57. The Balaban J connectivity index is 2.99. The Kier molecular flexibility index (Phi) is 0.606. The van der Waals surface area contributed by atoms with Crippen molar-refractivity contribution in [2.24, 2.45) is 0 Å². The van der Waals surface area contributed by atoms with Crippen molar-refractivity contribution in [1.29, 1.82) is 0 Å². The van der Waals surface area contributed by atoms with Crippen molar-refractivity contribution in [2.45, 2.75) is 0 Å². The number of fused-ring (bicyclic) bond motifs is 1. The first kappa shape index (κ1) is 4.37. The molecule has 0 radical (unpaired) electrons. The maximum Gasteiger partial charge on any atom is 0.197 e. The van der Waals surface area contributed by atoms with E-state index in [1.54, 1.807) is 17.2 Å². The van der Waals surface area contributed by atoms with Gasteiger partial charge in [-0.15, -0.1) is 0 Å². The average Bonchev–Trinajstić information content (AvgIpc) is 2.35. The van der Waals surface area contributed by atoms with Gasteiger partial charge in [-0.3, -0.25) is 5.10 Å². The minimum atomic E-state index is 0.455. The van der Waals surface area contributed by atoms with E-state index >= 15 is 0 Å². The van der Waals surface area contributed by atoms with Gasteiger partial charge in [-0.2, -0.15) is 0 Å². The first-order valence-electron chi connectivity index (χ1n) is 2.50. The van der Waals surface area contributed by atoms with Crippen LogP contribution in [0.2, 0.25) is 0 Å². The van der Waals surface area contributed by atoms with Gasteiger partial charge in [0.05, 0.1) is 0 Å². The van der Waals surface area contributed by atoms with Crippen molar-refractivity contribution in [3.8, 4) is 0 Å². The second kappa shape index (κ2) is 1.25. The number of nitrogens with one attached hydrogen (secondary N) is 1. The Hall–Kier alpha value is -1.52. The molecule has 0 aliphatic carbocycles. The van der Waals surface area contributed by atoms with E-state index in [-0.39, 0.29) is 0 Å². The molecule has 0 aliphatic rings. The van der Waals surface area contributed by atoms with E-state index in [0.717, 1.165) is 0 Å². The van der Waals surface area contributed by atoms with Gasteiger partial charge in [0.2, 0.25) is 0 Å². The van der Waals surface area contributed by atoms with Crippen molar-refractivity contribution in [3.63, 3.8) is 0 Å². The molecule has 0 amide bonds. The minimum absolute atomic E-state index is 0.455. The van der Waals surface area contributed by atoms with Crippen LogP contribution in [0.25, 0.3) is 5.65 Å². The summed E-state index contributed by atoms with van der Waals surface area (Å²) in [6.07, 6.45) is 3.14. The van der Waals surface area contributed by atoms with E-state index < -0.39 is 0 Å². The minimum Gasteiger partial charge on any atom is -0.381 e. The lowest BCUT2D eigenvalue weighted by molar-refractivity contribution is 0.956. The van der Waals surface area contributed by atoms with Crippen LogP contribution >= 0.6 is 0 Å². The van der Waals surface area contributed by atoms with Gasteiger partial charge in [0.25, 0.3) is 0 Å². The number of hydrogen-bond acceptors (Lipinski definition) is 3. The summed E-state index contributed by atoms with van der Waals surface area (Å²) >= 11 is 0. The van der Waals surface area contributed by atoms with Crippen LogP contribution in [0, 0.1) is 0 Å². The molecule has 5 nitrogen and oxygen atoms in total. The smallest absolute Gasteiger partial charge is 0.197 e. The number of nitrogen functional groups attached to an aromatic ring is 1. The molecule has 0 saturated heterocycles. The quantitative estimate of drug-likeness (QED) is 0.502. The van der Waals surface area contributed by atoms with Crippen LogP contribution in [0.1, 0.15) is 0 Å². The molecule has 2 rings (SSSR count). The highest BCUT2D eigenvalue weighted by Crippen LogP contribution is 2.03. The zero-order valence-corrected chi connectivity index (χ0v) is 4.57. The first-order valence-corrected chi connectivity index (χ1v) is 2.50. The van der Waals surface area contributed by atoms with E-state index in [1.165, 1.54) is 0 Å². The summed E-state index contributed by atoms with van der Waals surface area (Å²) in [7, 11) is 0. The molecule has 3 N–H and O–H groups in total. The summed E-state index contributed by atoms with van der Waals surface area (Å²) in [5, 5.41) is 2.80. The third-order valence-corrected chi connectivity index (χ3v) is 1.15. The second-order valence-corrected chi connectivity index (χ2v) is 1.71. The molecule has 0 fully saturated rings. The number of anilines is 1. The van der Waals surface area contributed by atoms with E-state index in [1.807, 2.05) is 0 Å². The Bertz CT molecular complexity index is 318. The molecular weight excluding hydrogens is 118 g/mol. The van der Waals surface area contributed by atoms with Gasteiger partial charge in [0.15, 0.2) is 11.5 Å². The van der Waals surface area contributed by atoms with Crippen molar-refractivity contribution in [3.05, 3.63) is 12.7 Å². The highest BCUT2D eigenvalue weighted by molar-refractivity contribution is 5.58. The maximum atomic E-state index is 5.41. The summed E-state index contributed by atoms with van der Waals surface area (Å²) in [6.45, 7) is 0. The summed E-state index contributed by atoms with van der Waals surface area (Å²) in [6, 6.07) is 0. The lowest BCUT2D eigenvalue weighted by Crippen LogP contribution is -1.84. The molecule has 0 bridgehead atoms. The predicted octanol–water partition coefficient (Wildman–Crippen LogP) is -0.360. The van der Waals surface area contributed by atoms with Crippen molar-refractivity contribution >= 4 is 11.5 Å². The Morgan fingerprint density at radius 2 is 2.44 bits per heavy atom. The topological polar surface area (TPSA) is 72.0 Å². The lowest BCUT2D eigenvalue weighted by Gasteiger charge is -1.76. The fraction of sp³-hybridized carbons (Fsp3) is 0. The molecule has 46 valence electrons. The summed E-state index contributed by atoms with van der Waals surface area (Å²) in [5.41, 5.74) is 6.08. The van der Waals surface area contributed by atoms with Gasteiger partial charge in [0, 0.05) is 0 Å². The molecule has 2 aromatic heterocycles. The summed E-state index contributed by atoms with van der Waals surface area (Å²) < 4.78 is 1.65. The number of aromatic amines is 1. The third-order valence-electron chi connectivity index (χ3n) is 1.15. The second-order valence-electron chi connectivity index (χ2n) is 1.71. The molecular formula is C4H5N5. The Morgan fingerprint density at radius 3 is 3.22 bits per heavy atom. The first-order chi connectivity index (χ1) is 4.38. The lowest BCUT2D eigenvalue weighted by atomic mass is 10.7. The molecule has 0 spiro atoms. The van der Waals surface area contributed by atoms with Crippen molar-refractivity contribution in [2.75, 3.05) is 5.73 Å². The van der Waals surface area contributed by atoms with E-state index in [2.05, 4.69) is 15.1 Å². The molecule has 0 unspecified atom stereocenters. The Labute approximate surface area is 50.5 Å². The van der Waals surface area contributed by atoms with Gasteiger partial charge in [0.1, 0.15) is 12.7 Å². The van der Waals surface area contributed by atoms with Gasteiger partial charge in [-0.25, -0.2) is 14.5 Å². The molecule has 0 aliphatic heterocycles. The molecule has 0 atom stereocenters. The third kappa shape index (κ3) is 0.426. The fourth-order valence-electron chi connectivity index (χ4n) is 0.731. The van der Waals surface area contributed by atoms with Gasteiger partial charge >= 0.3 is 0 Å². The van der Waals surface area contributed by atoms with Crippen molar-refractivity contribution in [1.82, 2.24) is 19.6 Å². The number of nitrogens with zero attached hydrogens (tertiary/aromatic N) is 3. The molecule has 0 aromatic carbocycles. The zero-order chi connectivity index (χ0) is 6.27. The van der Waals surface area contributed by atoms with E-state index in [0.29, 0.717) is 11.5 Å². The highest BCUT2D eigenvalue weighted by Gasteiger charge is 1.98. The molecule has 2 heterocycles. The van der Waals surface area contributed by atoms with E-state index in [4.69, 9.17) is 5.73 Å².